The Bertz CT molecular complexity index is 1080. The van der Waals surface area contributed by atoms with Crippen molar-refractivity contribution in [2.24, 2.45) is 0 Å². The Morgan fingerprint density at radius 1 is 0.964 bits per heavy atom. The molecule has 0 aliphatic heterocycles. The summed E-state index contributed by atoms with van der Waals surface area (Å²) >= 11 is 5.99. The summed E-state index contributed by atoms with van der Waals surface area (Å²) in [6.07, 6.45) is 1.70. The number of halogens is 1. The van der Waals surface area contributed by atoms with Gasteiger partial charge in [0, 0.05) is 16.8 Å². The second-order valence-electron chi connectivity index (χ2n) is 6.17. The van der Waals surface area contributed by atoms with Gasteiger partial charge in [-0.15, -0.1) is 0 Å². The summed E-state index contributed by atoms with van der Waals surface area (Å²) in [6.45, 7) is 0.343. The van der Waals surface area contributed by atoms with Gasteiger partial charge < -0.3 is 5.32 Å². The van der Waals surface area contributed by atoms with Crippen molar-refractivity contribution < 1.29 is 4.79 Å². The maximum Gasteiger partial charge on any atom is 0.270 e. The summed E-state index contributed by atoms with van der Waals surface area (Å²) in [7, 11) is 0. The van der Waals surface area contributed by atoms with E-state index in [1.165, 1.54) is 0 Å². The number of amides is 1. The van der Waals surface area contributed by atoms with Crippen molar-refractivity contribution in [1.82, 2.24) is 20.1 Å². The van der Waals surface area contributed by atoms with Gasteiger partial charge >= 0.3 is 0 Å². The highest BCUT2D eigenvalue weighted by molar-refractivity contribution is 6.30. The van der Waals surface area contributed by atoms with Crippen LogP contribution in [0.3, 0.4) is 0 Å². The fourth-order valence-corrected chi connectivity index (χ4v) is 2.96. The number of para-hydroxylation sites is 1. The molecule has 0 fully saturated rings. The number of nitrogens with zero attached hydrogens (tertiary/aromatic N) is 3. The van der Waals surface area contributed by atoms with E-state index < -0.39 is 0 Å². The van der Waals surface area contributed by atoms with Crippen LogP contribution in [0.2, 0.25) is 5.02 Å². The van der Waals surface area contributed by atoms with Crippen molar-refractivity contribution in [3.8, 4) is 16.9 Å². The third kappa shape index (κ3) is 3.94. The largest absolute Gasteiger partial charge is 0.345 e. The zero-order valence-electron chi connectivity index (χ0n) is 14.9. The minimum Gasteiger partial charge on any atom is -0.345 e. The van der Waals surface area contributed by atoms with Crippen LogP contribution in [0, 0.1) is 0 Å². The molecule has 28 heavy (non-hydrogen) atoms. The molecule has 2 aromatic carbocycles. The summed E-state index contributed by atoms with van der Waals surface area (Å²) in [5, 5.41) is 8.22. The van der Waals surface area contributed by atoms with E-state index in [9.17, 15) is 4.79 Å². The van der Waals surface area contributed by atoms with Gasteiger partial charge in [-0.2, -0.15) is 5.10 Å². The molecule has 1 amide bonds. The van der Waals surface area contributed by atoms with Crippen molar-refractivity contribution in [2.75, 3.05) is 0 Å². The average Bonchev–Trinajstić information content (AvgIpc) is 3.19. The third-order valence-electron chi connectivity index (χ3n) is 4.24. The van der Waals surface area contributed by atoms with Crippen LogP contribution in [0.1, 0.15) is 16.2 Å². The number of pyridine rings is 1. The Morgan fingerprint density at radius 2 is 1.71 bits per heavy atom. The van der Waals surface area contributed by atoms with E-state index in [4.69, 9.17) is 11.6 Å². The molecule has 1 N–H and O–H groups in total. The fraction of sp³-hybridized carbons (Fsp3) is 0.0455. The summed E-state index contributed by atoms with van der Waals surface area (Å²) < 4.78 is 1.65. The van der Waals surface area contributed by atoms with E-state index in [1.54, 1.807) is 29.1 Å². The molecule has 0 aliphatic carbocycles. The Kier molecular flexibility index (Phi) is 5.17. The topological polar surface area (TPSA) is 59.8 Å². The first kappa shape index (κ1) is 17.9. The number of hydrogen-bond acceptors (Lipinski definition) is 3. The molecule has 5 nitrogen and oxygen atoms in total. The minimum absolute atomic E-state index is 0.220. The van der Waals surface area contributed by atoms with Crippen molar-refractivity contribution in [1.29, 1.82) is 0 Å². The van der Waals surface area contributed by atoms with Gasteiger partial charge in [-0.3, -0.25) is 9.78 Å². The third-order valence-corrected chi connectivity index (χ3v) is 4.49. The first-order chi connectivity index (χ1) is 13.7. The predicted molar refractivity (Wildman–Crippen MR) is 109 cm³/mol. The fourth-order valence-electron chi connectivity index (χ4n) is 2.83. The molecule has 2 heterocycles. The molecule has 4 aromatic rings. The smallest absolute Gasteiger partial charge is 0.270 e. The van der Waals surface area contributed by atoms with Crippen LogP contribution in [0.25, 0.3) is 16.9 Å². The summed E-state index contributed by atoms with van der Waals surface area (Å²) in [6, 6.07) is 24.3. The first-order valence-corrected chi connectivity index (χ1v) is 9.18. The molecule has 0 unspecified atom stereocenters. The summed E-state index contributed by atoms with van der Waals surface area (Å²) in [4.78, 5) is 17.1. The van der Waals surface area contributed by atoms with Crippen molar-refractivity contribution in [3.05, 3.63) is 101 Å². The quantitative estimate of drug-likeness (QED) is 0.547. The van der Waals surface area contributed by atoms with Crippen molar-refractivity contribution >= 4 is 17.5 Å². The molecule has 0 saturated carbocycles. The molecule has 2 aromatic heterocycles. The van der Waals surface area contributed by atoms with Crippen LogP contribution in [0.15, 0.2) is 85.1 Å². The number of carbonyl (C=O) groups excluding carboxylic acids is 1. The maximum absolute atomic E-state index is 12.9. The van der Waals surface area contributed by atoms with E-state index in [1.807, 2.05) is 60.7 Å². The van der Waals surface area contributed by atoms with Gasteiger partial charge in [-0.1, -0.05) is 48.0 Å². The highest BCUT2D eigenvalue weighted by Gasteiger charge is 2.17. The lowest BCUT2D eigenvalue weighted by Gasteiger charge is -2.08. The number of carbonyl (C=O) groups is 1. The van der Waals surface area contributed by atoms with Crippen LogP contribution < -0.4 is 5.32 Å². The van der Waals surface area contributed by atoms with Crippen LogP contribution in [-0.4, -0.2) is 20.7 Å². The number of nitrogens with one attached hydrogen (secondary N) is 1. The Hall–Kier alpha value is -3.44. The number of benzene rings is 2. The number of rotatable bonds is 5. The number of aromatic nitrogens is 3. The molecule has 4 rings (SSSR count). The summed E-state index contributed by atoms with van der Waals surface area (Å²) in [5.74, 6) is -0.220. The Morgan fingerprint density at radius 3 is 2.43 bits per heavy atom. The highest BCUT2D eigenvalue weighted by Crippen LogP contribution is 2.23. The van der Waals surface area contributed by atoms with E-state index in [-0.39, 0.29) is 5.91 Å². The van der Waals surface area contributed by atoms with Crippen molar-refractivity contribution in [3.63, 3.8) is 0 Å². The van der Waals surface area contributed by atoms with Crippen LogP contribution in [0.4, 0.5) is 0 Å². The van der Waals surface area contributed by atoms with Gasteiger partial charge in [-0.05, 0) is 42.5 Å². The molecule has 6 heteroatoms. The molecule has 138 valence electrons. The van der Waals surface area contributed by atoms with Gasteiger partial charge in [0.25, 0.3) is 5.91 Å². The predicted octanol–water partition coefficient (Wildman–Crippen LogP) is 4.52. The van der Waals surface area contributed by atoms with Gasteiger partial charge in [0.05, 0.1) is 23.6 Å². The van der Waals surface area contributed by atoms with Gasteiger partial charge in [0.1, 0.15) is 5.69 Å². The molecule has 0 aliphatic rings. The van der Waals surface area contributed by atoms with Gasteiger partial charge in [0.15, 0.2) is 0 Å². The maximum atomic E-state index is 12.9. The van der Waals surface area contributed by atoms with E-state index in [2.05, 4.69) is 15.4 Å². The Balaban J connectivity index is 1.68. The van der Waals surface area contributed by atoms with Crippen LogP contribution >= 0.6 is 11.6 Å². The molecular weight excluding hydrogens is 372 g/mol. The summed E-state index contributed by atoms with van der Waals surface area (Å²) in [5.41, 5.74) is 3.64. The molecule has 0 radical (unpaired) electrons. The molecule has 0 bridgehead atoms. The SMILES string of the molecule is O=C(NCc1ccccn1)c1cc(-c2ccc(Cl)cc2)nn1-c1ccccc1. The highest BCUT2D eigenvalue weighted by atomic mass is 35.5. The van der Waals surface area contributed by atoms with Gasteiger partial charge in [0.2, 0.25) is 0 Å². The number of hydrogen-bond donors (Lipinski definition) is 1. The lowest BCUT2D eigenvalue weighted by molar-refractivity contribution is 0.0942. The molecular formula is C22H17ClN4O. The van der Waals surface area contributed by atoms with E-state index >= 15 is 0 Å². The molecule has 0 spiro atoms. The lowest BCUT2D eigenvalue weighted by Crippen LogP contribution is -2.25. The molecule has 0 atom stereocenters. The van der Waals surface area contributed by atoms with E-state index in [0.29, 0.717) is 23.0 Å². The molecule has 0 saturated heterocycles. The monoisotopic (exact) mass is 388 g/mol. The Labute approximate surface area is 167 Å². The second kappa shape index (κ2) is 8.06. The standard InChI is InChI=1S/C22H17ClN4O/c23-17-11-9-16(10-12-17)20-14-21(27(26-20)19-7-2-1-3-8-19)22(28)25-15-18-6-4-5-13-24-18/h1-14H,15H2,(H,25,28). The second-order valence-corrected chi connectivity index (χ2v) is 6.61. The zero-order valence-corrected chi connectivity index (χ0v) is 15.7. The van der Waals surface area contributed by atoms with Crippen molar-refractivity contribution in [2.45, 2.75) is 6.54 Å². The first-order valence-electron chi connectivity index (χ1n) is 8.80. The normalized spacial score (nSPS) is 10.6. The van der Waals surface area contributed by atoms with Crippen LogP contribution in [-0.2, 0) is 6.54 Å². The van der Waals surface area contributed by atoms with Gasteiger partial charge in [-0.25, -0.2) is 4.68 Å². The minimum atomic E-state index is -0.220. The van der Waals surface area contributed by atoms with Crippen LogP contribution in [0.5, 0.6) is 0 Å². The zero-order chi connectivity index (χ0) is 19.3. The van der Waals surface area contributed by atoms with E-state index in [0.717, 1.165) is 16.9 Å². The average molecular weight is 389 g/mol. The lowest BCUT2D eigenvalue weighted by atomic mass is 10.1.